The molecule has 0 aliphatic carbocycles. The van der Waals surface area contributed by atoms with Crippen LogP contribution >= 0.6 is 0 Å². The summed E-state index contributed by atoms with van der Waals surface area (Å²) in [5.41, 5.74) is 1.49. The molecule has 0 fully saturated rings. The number of benzene rings is 2. The van der Waals surface area contributed by atoms with Gasteiger partial charge in [0.1, 0.15) is 0 Å². The van der Waals surface area contributed by atoms with Crippen molar-refractivity contribution >= 4 is 17.0 Å². The largest absolute Gasteiger partial charge is 0.768 e. The topological polar surface area (TPSA) is 69.2 Å². The van der Waals surface area contributed by atoms with Crippen molar-refractivity contribution < 1.29 is 13.6 Å². The molecular weight excluding hydrogens is 274 g/mol. The molecule has 1 N–H and O–H groups in total. The Morgan fingerprint density at radius 3 is 2.55 bits per heavy atom. The summed E-state index contributed by atoms with van der Waals surface area (Å²) in [5.74, 6) is -0.130. The van der Waals surface area contributed by atoms with Crippen molar-refractivity contribution in [2.24, 2.45) is 0 Å². The first-order valence-corrected chi connectivity index (χ1v) is 7.26. The molecule has 5 heteroatoms. The zero-order chi connectivity index (χ0) is 14.4. The average molecular weight is 288 g/mol. The highest BCUT2D eigenvalue weighted by molar-refractivity contribution is 7.79. The van der Waals surface area contributed by atoms with Crippen LogP contribution in [0.25, 0.3) is 0 Å². The predicted molar refractivity (Wildman–Crippen MR) is 76.1 cm³/mol. The van der Waals surface area contributed by atoms with E-state index >= 15 is 0 Å². The van der Waals surface area contributed by atoms with Gasteiger partial charge in [0.05, 0.1) is 0 Å². The fraction of sp³-hybridized carbons (Fsp3) is 0.133. The SMILES string of the molecule is O=C(NCCc1cccc(S(=O)[O-])c1)c1ccccc1. The zero-order valence-corrected chi connectivity index (χ0v) is 11.6. The lowest BCUT2D eigenvalue weighted by atomic mass is 10.1. The van der Waals surface area contributed by atoms with Gasteiger partial charge in [-0.1, -0.05) is 30.3 Å². The van der Waals surface area contributed by atoms with Gasteiger partial charge in [0.15, 0.2) is 0 Å². The van der Waals surface area contributed by atoms with Crippen molar-refractivity contribution in [3.8, 4) is 0 Å². The van der Waals surface area contributed by atoms with Crippen LogP contribution in [0.4, 0.5) is 0 Å². The highest BCUT2D eigenvalue weighted by Crippen LogP contribution is 2.08. The number of rotatable bonds is 5. The Morgan fingerprint density at radius 1 is 1.10 bits per heavy atom. The van der Waals surface area contributed by atoms with E-state index in [1.807, 2.05) is 24.3 Å². The normalized spacial score (nSPS) is 11.8. The summed E-state index contributed by atoms with van der Waals surface area (Å²) < 4.78 is 21.7. The lowest BCUT2D eigenvalue weighted by Gasteiger charge is -2.08. The zero-order valence-electron chi connectivity index (χ0n) is 10.7. The second-order valence-electron chi connectivity index (χ2n) is 4.25. The van der Waals surface area contributed by atoms with E-state index in [9.17, 15) is 13.6 Å². The molecule has 0 aliphatic heterocycles. The maximum Gasteiger partial charge on any atom is 0.251 e. The molecule has 2 aromatic carbocycles. The molecule has 1 atom stereocenters. The summed E-state index contributed by atoms with van der Waals surface area (Å²) in [6, 6.07) is 15.6. The molecule has 0 saturated heterocycles. The van der Waals surface area contributed by atoms with Gasteiger partial charge in [-0.3, -0.25) is 9.00 Å². The van der Waals surface area contributed by atoms with Gasteiger partial charge in [0, 0.05) is 17.0 Å². The van der Waals surface area contributed by atoms with Crippen molar-refractivity contribution in [1.82, 2.24) is 5.32 Å². The molecule has 0 heterocycles. The quantitative estimate of drug-likeness (QED) is 0.854. The van der Waals surface area contributed by atoms with Crippen LogP contribution in [0.5, 0.6) is 0 Å². The Labute approximate surface area is 120 Å². The fourth-order valence-corrected chi connectivity index (χ4v) is 2.25. The minimum atomic E-state index is -2.22. The summed E-state index contributed by atoms with van der Waals surface area (Å²) in [4.78, 5) is 12.1. The summed E-state index contributed by atoms with van der Waals surface area (Å²) in [6.45, 7) is 0.461. The molecule has 0 radical (unpaired) electrons. The first-order chi connectivity index (χ1) is 9.66. The Kier molecular flexibility index (Phi) is 5.03. The van der Waals surface area contributed by atoms with E-state index < -0.39 is 11.1 Å². The monoisotopic (exact) mass is 288 g/mol. The molecule has 104 valence electrons. The number of amides is 1. The number of carbonyl (C=O) groups excluding carboxylic acids is 1. The van der Waals surface area contributed by atoms with E-state index in [4.69, 9.17) is 0 Å². The van der Waals surface area contributed by atoms with Gasteiger partial charge in [-0.25, -0.2) is 0 Å². The van der Waals surface area contributed by atoms with Crippen LogP contribution in [-0.2, 0) is 17.5 Å². The van der Waals surface area contributed by atoms with Gasteiger partial charge in [-0.05, 0) is 47.3 Å². The third-order valence-corrected chi connectivity index (χ3v) is 3.46. The standard InChI is InChI=1S/C15H15NO3S/c17-15(13-6-2-1-3-7-13)16-10-9-12-5-4-8-14(11-12)20(18)19/h1-8,11H,9-10H2,(H,16,17)(H,18,19)/p-1. The van der Waals surface area contributed by atoms with Crippen LogP contribution in [0.15, 0.2) is 59.5 Å². The van der Waals surface area contributed by atoms with E-state index in [-0.39, 0.29) is 10.8 Å². The number of carbonyl (C=O) groups is 1. The molecule has 0 aliphatic rings. The van der Waals surface area contributed by atoms with Crippen LogP contribution in [-0.4, -0.2) is 21.2 Å². The molecule has 2 aromatic rings. The Morgan fingerprint density at radius 2 is 1.85 bits per heavy atom. The Balaban J connectivity index is 1.89. The van der Waals surface area contributed by atoms with Crippen LogP contribution in [0, 0.1) is 0 Å². The molecule has 2 rings (SSSR count). The first kappa shape index (κ1) is 14.4. The highest BCUT2D eigenvalue weighted by Gasteiger charge is 2.03. The van der Waals surface area contributed by atoms with Gasteiger partial charge in [-0.15, -0.1) is 0 Å². The molecule has 4 nitrogen and oxygen atoms in total. The second kappa shape index (κ2) is 6.98. The van der Waals surface area contributed by atoms with Crippen molar-refractivity contribution in [1.29, 1.82) is 0 Å². The van der Waals surface area contributed by atoms with Gasteiger partial charge >= 0.3 is 0 Å². The van der Waals surface area contributed by atoms with Gasteiger partial charge in [0.25, 0.3) is 5.91 Å². The third-order valence-electron chi connectivity index (χ3n) is 2.83. The second-order valence-corrected chi connectivity index (χ2v) is 5.19. The Hall–Kier alpha value is -1.98. The van der Waals surface area contributed by atoms with E-state index in [0.29, 0.717) is 18.5 Å². The van der Waals surface area contributed by atoms with Crippen LogP contribution < -0.4 is 5.32 Å². The Bertz CT molecular complexity index is 614. The van der Waals surface area contributed by atoms with Gasteiger partial charge < -0.3 is 9.87 Å². The third kappa shape index (κ3) is 4.01. The van der Waals surface area contributed by atoms with E-state index in [1.165, 1.54) is 6.07 Å². The number of nitrogens with one attached hydrogen (secondary N) is 1. The van der Waals surface area contributed by atoms with Crippen LogP contribution in [0.3, 0.4) is 0 Å². The maximum atomic E-state index is 11.8. The average Bonchev–Trinajstić information content (AvgIpc) is 2.48. The van der Waals surface area contributed by atoms with E-state index in [0.717, 1.165) is 5.56 Å². The molecule has 0 spiro atoms. The van der Waals surface area contributed by atoms with Crippen LogP contribution in [0.2, 0.25) is 0 Å². The summed E-state index contributed by atoms with van der Waals surface area (Å²) in [5, 5.41) is 2.80. The fourth-order valence-electron chi connectivity index (χ4n) is 1.82. The molecule has 0 aromatic heterocycles. The molecule has 0 bridgehead atoms. The van der Waals surface area contributed by atoms with Crippen molar-refractivity contribution in [3.05, 3.63) is 65.7 Å². The minimum Gasteiger partial charge on any atom is -0.768 e. The van der Waals surface area contributed by atoms with Gasteiger partial charge in [0.2, 0.25) is 0 Å². The predicted octanol–water partition coefficient (Wildman–Crippen LogP) is 1.90. The lowest BCUT2D eigenvalue weighted by molar-refractivity contribution is 0.0954. The molecule has 1 amide bonds. The summed E-state index contributed by atoms with van der Waals surface area (Å²) >= 11 is -2.22. The smallest absolute Gasteiger partial charge is 0.251 e. The minimum absolute atomic E-state index is 0.130. The number of hydrogen-bond donors (Lipinski definition) is 1. The van der Waals surface area contributed by atoms with Crippen molar-refractivity contribution in [2.75, 3.05) is 6.54 Å². The molecule has 1 unspecified atom stereocenters. The highest BCUT2D eigenvalue weighted by atomic mass is 32.2. The molecule has 20 heavy (non-hydrogen) atoms. The van der Waals surface area contributed by atoms with E-state index in [1.54, 1.807) is 24.3 Å². The van der Waals surface area contributed by atoms with Gasteiger partial charge in [-0.2, -0.15) is 0 Å². The molecule has 0 saturated carbocycles. The summed E-state index contributed by atoms with van der Waals surface area (Å²) in [7, 11) is 0. The molecular formula is C15H14NO3S-. The van der Waals surface area contributed by atoms with Crippen LogP contribution in [0.1, 0.15) is 15.9 Å². The van der Waals surface area contributed by atoms with Crippen molar-refractivity contribution in [3.63, 3.8) is 0 Å². The van der Waals surface area contributed by atoms with E-state index in [2.05, 4.69) is 5.32 Å². The first-order valence-electron chi connectivity index (χ1n) is 6.18. The lowest BCUT2D eigenvalue weighted by Crippen LogP contribution is -2.25. The van der Waals surface area contributed by atoms with Crippen molar-refractivity contribution in [2.45, 2.75) is 11.3 Å². The maximum absolute atomic E-state index is 11.8. The summed E-state index contributed by atoms with van der Waals surface area (Å²) in [6.07, 6.45) is 0.587. The number of hydrogen-bond acceptors (Lipinski definition) is 3.